The summed E-state index contributed by atoms with van der Waals surface area (Å²) in [6, 6.07) is 5.78. The van der Waals surface area contributed by atoms with Crippen LogP contribution in [0.25, 0.3) is 0 Å². The summed E-state index contributed by atoms with van der Waals surface area (Å²) in [5, 5.41) is 19.6. The molecule has 0 fully saturated rings. The van der Waals surface area contributed by atoms with Crippen molar-refractivity contribution in [2.75, 3.05) is 0 Å². The maximum atomic E-state index is 11.7. The summed E-state index contributed by atoms with van der Waals surface area (Å²) in [5.74, 6) is -0.564. The third-order valence-electron chi connectivity index (χ3n) is 2.16. The maximum absolute atomic E-state index is 11.7. The lowest BCUT2D eigenvalue weighted by Gasteiger charge is -2.19. The maximum Gasteiger partial charge on any atom is 0.311 e. The molecule has 0 bridgehead atoms. The number of nitro benzene ring substituents is 1. The van der Waals surface area contributed by atoms with Gasteiger partial charge in [-0.1, -0.05) is 0 Å². The van der Waals surface area contributed by atoms with Gasteiger partial charge < -0.3 is 4.74 Å². The van der Waals surface area contributed by atoms with E-state index in [1.165, 1.54) is 18.2 Å². The first-order valence-electron chi connectivity index (χ1n) is 5.62. The van der Waals surface area contributed by atoms with Gasteiger partial charge in [0, 0.05) is 11.6 Å². The molecule has 6 heteroatoms. The van der Waals surface area contributed by atoms with Crippen LogP contribution in [0.4, 0.5) is 5.69 Å². The van der Waals surface area contributed by atoms with Gasteiger partial charge in [0.2, 0.25) is 0 Å². The fourth-order valence-corrected chi connectivity index (χ4v) is 1.51. The van der Waals surface area contributed by atoms with Gasteiger partial charge in [-0.05, 0) is 32.9 Å². The Morgan fingerprint density at radius 1 is 1.47 bits per heavy atom. The lowest BCUT2D eigenvalue weighted by molar-refractivity contribution is -0.385. The van der Waals surface area contributed by atoms with Crippen LogP contribution in [0, 0.1) is 21.4 Å². The Kier molecular flexibility index (Phi) is 4.22. The molecule has 6 nitrogen and oxygen atoms in total. The van der Waals surface area contributed by atoms with E-state index in [0.717, 1.165) is 0 Å². The standard InChI is InChI=1S/C13H14N2O4/c1-13(2,3)19-12(16)7-10-6-9(8-14)4-5-11(10)15(17)18/h4-6H,7H2,1-3H3. The number of nitriles is 1. The highest BCUT2D eigenvalue weighted by Gasteiger charge is 2.21. The van der Waals surface area contributed by atoms with Gasteiger partial charge in [0.05, 0.1) is 23.0 Å². The molecule has 0 aliphatic rings. The van der Waals surface area contributed by atoms with Crippen LogP contribution >= 0.6 is 0 Å². The number of hydrogen-bond acceptors (Lipinski definition) is 5. The molecule has 0 aliphatic carbocycles. The van der Waals surface area contributed by atoms with Crippen LogP contribution in [0.5, 0.6) is 0 Å². The third-order valence-corrected chi connectivity index (χ3v) is 2.16. The summed E-state index contributed by atoms with van der Waals surface area (Å²) in [5.41, 5.74) is -0.397. The molecule has 0 saturated heterocycles. The molecule has 1 rings (SSSR count). The SMILES string of the molecule is CC(C)(C)OC(=O)Cc1cc(C#N)ccc1[N+](=O)[O-]. The third kappa shape index (κ3) is 4.39. The molecule has 0 aromatic heterocycles. The topological polar surface area (TPSA) is 93.2 Å². The van der Waals surface area contributed by atoms with Crippen LogP contribution < -0.4 is 0 Å². The van der Waals surface area contributed by atoms with Gasteiger partial charge in [-0.2, -0.15) is 5.26 Å². The minimum absolute atomic E-state index is 0.179. The number of rotatable bonds is 3. The number of benzene rings is 1. The van der Waals surface area contributed by atoms with E-state index in [0.29, 0.717) is 0 Å². The number of esters is 1. The zero-order chi connectivity index (χ0) is 14.6. The lowest BCUT2D eigenvalue weighted by atomic mass is 10.1. The highest BCUT2D eigenvalue weighted by Crippen LogP contribution is 2.21. The zero-order valence-corrected chi connectivity index (χ0v) is 11.0. The molecule has 19 heavy (non-hydrogen) atoms. The molecule has 0 unspecified atom stereocenters. The molecule has 0 atom stereocenters. The van der Waals surface area contributed by atoms with Crippen LogP contribution in [0.15, 0.2) is 18.2 Å². The van der Waals surface area contributed by atoms with Crippen LogP contribution in [-0.2, 0) is 16.0 Å². The Morgan fingerprint density at radius 3 is 2.58 bits per heavy atom. The summed E-state index contributed by atoms with van der Waals surface area (Å²) >= 11 is 0. The van der Waals surface area contributed by atoms with Gasteiger partial charge >= 0.3 is 5.97 Å². The Bertz CT molecular complexity index is 553. The first-order valence-corrected chi connectivity index (χ1v) is 5.62. The summed E-state index contributed by atoms with van der Waals surface area (Å²) in [7, 11) is 0. The van der Waals surface area contributed by atoms with Crippen molar-refractivity contribution in [2.45, 2.75) is 32.8 Å². The second-order valence-corrected chi connectivity index (χ2v) is 4.98. The van der Waals surface area contributed by atoms with Crippen molar-refractivity contribution in [3.63, 3.8) is 0 Å². The van der Waals surface area contributed by atoms with Gasteiger partial charge in [-0.15, -0.1) is 0 Å². The number of hydrogen-bond donors (Lipinski definition) is 0. The highest BCUT2D eigenvalue weighted by atomic mass is 16.6. The number of ether oxygens (including phenoxy) is 1. The monoisotopic (exact) mass is 262 g/mol. The van der Waals surface area contributed by atoms with E-state index in [9.17, 15) is 14.9 Å². The molecule has 1 aromatic rings. The van der Waals surface area contributed by atoms with Crippen molar-refractivity contribution in [1.82, 2.24) is 0 Å². The van der Waals surface area contributed by atoms with Crippen molar-refractivity contribution in [3.05, 3.63) is 39.4 Å². The Morgan fingerprint density at radius 2 is 2.11 bits per heavy atom. The van der Waals surface area contributed by atoms with E-state index in [2.05, 4.69) is 0 Å². The van der Waals surface area contributed by atoms with E-state index in [-0.39, 0.29) is 23.2 Å². The first kappa shape index (κ1) is 14.6. The van der Waals surface area contributed by atoms with Gasteiger partial charge in [-0.3, -0.25) is 14.9 Å². The van der Waals surface area contributed by atoms with Gasteiger partial charge in [0.1, 0.15) is 5.60 Å². The lowest BCUT2D eigenvalue weighted by Crippen LogP contribution is -2.25. The molecule has 0 spiro atoms. The fraction of sp³-hybridized carbons (Fsp3) is 0.385. The van der Waals surface area contributed by atoms with Crippen molar-refractivity contribution in [1.29, 1.82) is 5.26 Å². The smallest absolute Gasteiger partial charge is 0.311 e. The summed E-state index contributed by atoms with van der Waals surface area (Å²) < 4.78 is 5.11. The average molecular weight is 262 g/mol. The molecular weight excluding hydrogens is 248 g/mol. The zero-order valence-electron chi connectivity index (χ0n) is 11.0. The van der Waals surface area contributed by atoms with E-state index < -0.39 is 16.5 Å². The molecule has 0 saturated carbocycles. The van der Waals surface area contributed by atoms with E-state index >= 15 is 0 Å². The van der Waals surface area contributed by atoms with Crippen molar-refractivity contribution >= 4 is 11.7 Å². The van der Waals surface area contributed by atoms with E-state index in [1.807, 2.05) is 6.07 Å². The minimum Gasteiger partial charge on any atom is -0.460 e. The van der Waals surface area contributed by atoms with Crippen molar-refractivity contribution < 1.29 is 14.5 Å². The molecule has 0 amide bonds. The molecule has 0 N–H and O–H groups in total. The van der Waals surface area contributed by atoms with E-state index in [4.69, 9.17) is 10.00 Å². The number of carbonyl (C=O) groups excluding carboxylic acids is 1. The van der Waals surface area contributed by atoms with Crippen molar-refractivity contribution in [2.24, 2.45) is 0 Å². The quantitative estimate of drug-likeness (QED) is 0.473. The normalized spacial score (nSPS) is 10.6. The summed E-state index contributed by atoms with van der Waals surface area (Å²) in [6.07, 6.45) is -0.233. The Hall–Kier alpha value is -2.42. The molecule has 1 aromatic carbocycles. The number of nitro groups is 1. The van der Waals surface area contributed by atoms with Gasteiger partial charge in [-0.25, -0.2) is 0 Å². The molecule has 100 valence electrons. The largest absolute Gasteiger partial charge is 0.460 e. The average Bonchev–Trinajstić information content (AvgIpc) is 2.25. The molecule has 0 aliphatic heterocycles. The predicted molar refractivity (Wildman–Crippen MR) is 67.4 cm³/mol. The van der Waals surface area contributed by atoms with Crippen molar-refractivity contribution in [3.8, 4) is 6.07 Å². The van der Waals surface area contributed by atoms with Crippen LogP contribution in [-0.4, -0.2) is 16.5 Å². The van der Waals surface area contributed by atoms with Crippen LogP contribution in [0.2, 0.25) is 0 Å². The minimum atomic E-state index is -0.654. The summed E-state index contributed by atoms with van der Waals surface area (Å²) in [4.78, 5) is 22.0. The molecule has 0 radical (unpaired) electrons. The summed E-state index contributed by atoms with van der Waals surface area (Å²) in [6.45, 7) is 5.14. The second kappa shape index (κ2) is 5.48. The van der Waals surface area contributed by atoms with Crippen LogP contribution in [0.1, 0.15) is 31.9 Å². The van der Waals surface area contributed by atoms with E-state index in [1.54, 1.807) is 20.8 Å². The fourth-order valence-electron chi connectivity index (χ4n) is 1.51. The Balaban J connectivity index is 3.02. The predicted octanol–water partition coefficient (Wildman–Crippen LogP) is 2.35. The van der Waals surface area contributed by atoms with Gasteiger partial charge in [0.15, 0.2) is 0 Å². The number of carbonyl (C=O) groups is 1. The molecule has 0 heterocycles. The second-order valence-electron chi connectivity index (χ2n) is 4.98. The number of nitrogens with zero attached hydrogens (tertiary/aromatic N) is 2. The van der Waals surface area contributed by atoms with Crippen LogP contribution in [0.3, 0.4) is 0 Å². The Labute approximate surface area is 110 Å². The van der Waals surface area contributed by atoms with Gasteiger partial charge in [0.25, 0.3) is 5.69 Å². The highest BCUT2D eigenvalue weighted by molar-refractivity contribution is 5.74. The first-order chi connectivity index (χ1) is 8.73. The molecular formula is C13H14N2O4.